The minimum absolute atomic E-state index is 0.208. The Hall–Kier alpha value is -0.940. The van der Waals surface area contributed by atoms with Crippen molar-refractivity contribution in [3.05, 3.63) is 11.6 Å². The Morgan fingerprint density at radius 1 is 1.21 bits per heavy atom. The van der Waals surface area contributed by atoms with Crippen LogP contribution >= 0.6 is 0 Å². The predicted octanol–water partition coefficient (Wildman–Crippen LogP) is 1.03. The third-order valence-corrected chi connectivity index (χ3v) is 4.66. The molecule has 1 aromatic heterocycles. The molecule has 0 bridgehead atoms. The highest BCUT2D eigenvalue weighted by Gasteiger charge is 2.26. The highest BCUT2D eigenvalue weighted by Crippen LogP contribution is 2.27. The molecule has 1 aromatic rings. The lowest BCUT2D eigenvalue weighted by Crippen LogP contribution is -2.32. The Balaban J connectivity index is 1.73. The molecule has 19 heavy (non-hydrogen) atoms. The van der Waals surface area contributed by atoms with Crippen LogP contribution in [0.2, 0.25) is 0 Å². The minimum Gasteiger partial charge on any atom is -0.394 e. The summed E-state index contributed by atoms with van der Waals surface area (Å²) in [6.07, 6.45) is 6.72. The lowest BCUT2D eigenvalue weighted by Gasteiger charge is -2.30. The van der Waals surface area contributed by atoms with Gasteiger partial charge in [0.15, 0.2) is 0 Å². The molecule has 5 heteroatoms. The Kier molecular flexibility index (Phi) is 3.84. The van der Waals surface area contributed by atoms with Crippen LogP contribution in [-0.2, 0) is 12.8 Å². The molecule has 0 saturated carbocycles. The number of aliphatic hydroxyl groups is 1. The first-order valence-corrected chi connectivity index (χ1v) is 7.50. The normalized spacial score (nSPS) is 25.5. The monoisotopic (exact) mass is 264 g/mol. The van der Waals surface area contributed by atoms with Gasteiger partial charge in [0.25, 0.3) is 0 Å². The molecule has 1 fully saturated rings. The van der Waals surface area contributed by atoms with E-state index in [1.165, 1.54) is 25.9 Å². The second-order valence-corrected chi connectivity index (χ2v) is 6.08. The van der Waals surface area contributed by atoms with Crippen molar-refractivity contribution in [3.63, 3.8) is 0 Å². The number of rotatable bonds is 3. The van der Waals surface area contributed by atoms with Crippen LogP contribution in [0.5, 0.6) is 0 Å². The number of nitrogens with zero attached hydrogens (tertiary/aromatic N) is 4. The van der Waals surface area contributed by atoms with Crippen LogP contribution < -0.4 is 0 Å². The fourth-order valence-electron chi connectivity index (χ4n) is 3.41. The van der Waals surface area contributed by atoms with Gasteiger partial charge in [-0.25, -0.2) is 0 Å². The summed E-state index contributed by atoms with van der Waals surface area (Å²) in [6, 6.07) is 0.208. The van der Waals surface area contributed by atoms with Crippen LogP contribution in [0.3, 0.4) is 0 Å². The molecule has 2 aliphatic rings. The molecule has 1 unspecified atom stereocenters. The number of aliphatic hydroxyl groups excluding tert-OH is 1. The van der Waals surface area contributed by atoms with Gasteiger partial charge in [-0.1, -0.05) is 0 Å². The van der Waals surface area contributed by atoms with Gasteiger partial charge in [-0.2, -0.15) is 0 Å². The fraction of sp³-hybridized carbons (Fsp3) is 0.857. The lowest BCUT2D eigenvalue weighted by molar-refractivity contribution is 0.195. The summed E-state index contributed by atoms with van der Waals surface area (Å²) < 4.78 is 2.22. The Morgan fingerprint density at radius 3 is 2.74 bits per heavy atom. The van der Waals surface area contributed by atoms with E-state index >= 15 is 0 Å². The molecule has 0 aliphatic carbocycles. The van der Waals surface area contributed by atoms with Gasteiger partial charge >= 0.3 is 0 Å². The van der Waals surface area contributed by atoms with Crippen molar-refractivity contribution in [2.75, 3.05) is 26.7 Å². The van der Waals surface area contributed by atoms with Gasteiger partial charge in [-0.3, -0.25) is 0 Å². The molecule has 0 radical (unpaired) electrons. The summed E-state index contributed by atoms with van der Waals surface area (Å²) in [5, 5.41) is 18.3. The zero-order valence-electron chi connectivity index (χ0n) is 11.8. The number of aromatic nitrogens is 3. The number of hydrogen-bond donors (Lipinski definition) is 1. The standard InChI is InChI=1S/C14H24N4O/c1-17-7-5-11(6-8-17)9-14-16-15-13-4-2-3-12(10-19)18(13)14/h11-12,19H,2-10H2,1H3. The van der Waals surface area contributed by atoms with Crippen LogP contribution in [0.15, 0.2) is 0 Å². The highest BCUT2D eigenvalue weighted by atomic mass is 16.3. The molecular formula is C14H24N4O. The summed E-state index contributed by atoms with van der Waals surface area (Å²) in [4.78, 5) is 2.40. The molecule has 1 atom stereocenters. The van der Waals surface area contributed by atoms with Crippen molar-refractivity contribution >= 4 is 0 Å². The van der Waals surface area contributed by atoms with Gasteiger partial charge in [0.05, 0.1) is 12.6 Å². The average molecular weight is 264 g/mol. The second-order valence-electron chi connectivity index (χ2n) is 6.08. The minimum atomic E-state index is 0.208. The first-order valence-electron chi connectivity index (χ1n) is 7.50. The van der Waals surface area contributed by atoms with Gasteiger partial charge in [0.2, 0.25) is 0 Å². The summed E-state index contributed by atoms with van der Waals surface area (Å²) in [6.45, 7) is 2.59. The summed E-state index contributed by atoms with van der Waals surface area (Å²) in [5.41, 5.74) is 0. The van der Waals surface area contributed by atoms with Gasteiger partial charge in [0, 0.05) is 12.8 Å². The third-order valence-electron chi connectivity index (χ3n) is 4.66. The Morgan fingerprint density at radius 2 is 2.00 bits per heavy atom. The molecule has 1 N–H and O–H groups in total. The molecule has 3 rings (SSSR count). The quantitative estimate of drug-likeness (QED) is 0.886. The van der Waals surface area contributed by atoms with E-state index in [1.54, 1.807) is 0 Å². The van der Waals surface area contributed by atoms with E-state index in [4.69, 9.17) is 0 Å². The maximum absolute atomic E-state index is 9.54. The van der Waals surface area contributed by atoms with E-state index in [-0.39, 0.29) is 12.6 Å². The SMILES string of the molecule is CN1CCC(Cc2nnc3n2C(CO)CCC3)CC1. The van der Waals surface area contributed by atoms with E-state index in [1.807, 2.05) is 0 Å². The van der Waals surface area contributed by atoms with Gasteiger partial charge in [0.1, 0.15) is 11.6 Å². The van der Waals surface area contributed by atoms with E-state index < -0.39 is 0 Å². The third kappa shape index (κ3) is 2.67. The van der Waals surface area contributed by atoms with E-state index in [2.05, 4.69) is 26.7 Å². The first kappa shape index (κ1) is 13.1. The number of hydrogen-bond acceptors (Lipinski definition) is 4. The zero-order valence-corrected chi connectivity index (χ0v) is 11.8. The van der Waals surface area contributed by atoms with Gasteiger partial charge in [-0.15, -0.1) is 10.2 Å². The predicted molar refractivity (Wildman–Crippen MR) is 73.0 cm³/mol. The van der Waals surface area contributed by atoms with Crippen molar-refractivity contribution < 1.29 is 5.11 Å². The number of aryl methyl sites for hydroxylation is 1. The van der Waals surface area contributed by atoms with Gasteiger partial charge in [-0.05, 0) is 51.7 Å². The molecule has 1 saturated heterocycles. The van der Waals surface area contributed by atoms with Crippen LogP contribution in [0.1, 0.15) is 43.4 Å². The fourth-order valence-corrected chi connectivity index (χ4v) is 3.41. The summed E-state index contributed by atoms with van der Waals surface area (Å²) >= 11 is 0. The van der Waals surface area contributed by atoms with Crippen LogP contribution in [0.25, 0.3) is 0 Å². The average Bonchev–Trinajstić information content (AvgIpc) is 2.85. The summed E-state index contributed by atoms with van der Waals surface area (Å²) in [7, 11) is 2.19. The molecule has 0 aromatic carbocycles. The van der Waals surface area contributed by atoms with Crippen molar-refractivity contribution in [2.24, 2.45) is 5.92 Å². The maximum Gasteiger partial charge on any atom is 0.133 e. The number of fused-ring (bicyclic) bond motifs is 1. The van der Waals surface area contributed by atoms with Gasteiger partial charge < -0.3 is 14.6 Å². The van der Waals surface area contributed by atoms with Crippen molar-refractivity contribution in [3.8, 4) is 0 Å². The highest BCUT2D eigenvalue weighted by molar-refractivity contribution is 5.03. The van der Waals surface area contributed by atoms with E-state index in [0.29, 0.717) is 0 Å². The van der Waals surface area contributed by atoms with Crippen molar-refractivity contribution in [1.29, 1.82) is 0 Å². The molecular weight excluding hydrogens is 240 g/mol. The topological polar surface area (TPSA) is 54.2 Å². The Bertz CT molecular complexity index is 423. The Labute approximate surface area is 114 Å². The second kappa shape index (κ2) is 5.59. The van der Waals surface area contributed by atoms with E-state index in [0.717, 1.165) is 43.3 Å². The largest absolute Gasteiger partial charge is 0.394 e. The van der Waals surface area contributed by atoms with Crippen LogP contribution in [0.4, 0.5) is 0 Å². The molecule has 0 spiro atoms. The first-order chi connectivity index (χ1) is 9.28. The molecule has 2 aliphatic heterocycles. The molecule has 3 heterocycles. The molecule has 5 nitrogen and oxygen atoms in total. The number of likely N-dealkylation sites (tertiary alicyclic amines) is 1. The van der Waals surface area contributed by atoms with Crippen LogP contribution in [0, 0.1) is 5.92 Å². The van der Waals surface area contributed by atoms with Crippen molar-refractivity contribution in [1.82, 2.24) is 19.7 Å². The molecule has 106 valence electrons. The van der Waals surface area contributed by atoms with Crippen molar-refractivity contribution in [2.45, 2.75) is 44.6 Å². The number of piperidine rings is 1. The zero-order chi connectivity index (χ0) is 13.2. The maximum atomic E-state index is 9.54. The van der Waals surface area contributed by atoms with E-state index in [9.17, 15) is 5.11 Å². The molecule has 0 amide bonds. The smallest absolute Gasteiger partial charge is 0.133 e. The summed E-state index contributed by atoms with van der Waals surface area (Å²) in [5.74, 6) is 2.90. The van der Waals surface area contributed by atoms with Crippen LogP contribution in [-0.4, -0.2) is 51.5 Å². The lowest BCUT2D eigenvalue weighted by atomic mass is 9.93.